The lowest BCUT2D eigenvalue weighted by molar-refractivity contribution is -0.154. The van der Waals surface area contributed by atoms with Gasteiger partial charge in [-0.15, -0.1) is 11.8 Å². The molecule has 2 atom stereocenters. The first kappa shape index (κ1) is 14.9. The van der Waals surface area contributed by atoms with E-state index in [0.717, 1.165) is 18.6 Å². The monoisotopic (exact) mass is 276 g/mol. The zero-order valence-electron chi connectivity index (χ0n) is 10.8. The third-order valence-corrected chi connectivity index (χ3v) is 4.98. The molecular weight excluding hydrogens is 256 g/mol. The van der Waals surface area contributed by atoms with Crippen LogP contribution in [0.5, 0.6) is 0 Å². The maximum Gasteiger partial charge on any atom is 0.319 e. The van der Waals surface area contributed by atoms with E-state index in [2.05, 4.69) is 0 Å². The highest BCUT2D eigenvalue weighted by molar-refractivity contribution is 8.14. The molecule has 0 N–H and O–H groups in total. The molecule has 1 fully saturated rings. The van der Waals surface area contributed by atoms with E-state index in [0.29, 0.717) is 5.25 Å². The SMILES string of the molecule is CC(=O)SC[C@@H]1CC[C@@H](C(=O)OC(C)(C)C)S1. The van der Waals surface area contributed by atoms with Gasteiger partial charge in [0.25, 0.3) is 0 Å². The number of ether oxygens (including phenoxy) is 1. The molecule has 0 bridgehead atoms. The molecule has 5 heteroatoms. The van der Waals surface area contributed by atoms with Crippen LogP contribution >= 0.6 is 23.5 Å². The summed E-state index contributed by atoms with van der Waals surface area (Å²) in [6.07, 6.45) is 1.86. The van der Waals surface area contributed by atoms with Gasteiger partial charge in [0.15, 0.2) is 5.12 Å². The van der Waals surface area contributed by atoms with E-state index in [-0.39, 0.29) is 16.3 Å². The zero-order valence-corrected chi connectivity index (χ0v) is 12.5. The molecule has 1 aliphatic rings. The maximum atomic E-state index is 11.8. The summed E-state index contributed by atoms with van der Waals surface area (Å²) < 4.78 is 5.36. The van der Waals surface area contributed by atoms with Crippen LogP contribution in [0.3, 0.4) is 0 Å². The van der Waals surface area contributed by atoms with Crippen molar-refractivity contribution in [3.8, 4) is 0 Å². The molecule has 17 heavy (non-hydrogen) atoms. The summed E-state index contributed by atoms with van der Waals surface area (Å²) in [5.41, 5.74) is -0.413. The molecule has 0 aromatic rings. The molecule has 0 aliphatic carbocycles. The fourth-order valence-corrected chi connectivity index (χ4v) is 3.85. The van der Waals surface area contributed by atoms with Crippen molar-refractivity contribution in [2.45, 2.75) is 56.6 Å². The Bertz CT molecular complexity index is 297. The quantitative estimate of drug-likeness (QED) is 0.742. The summed E-state index contributed by atoms with van der Waals surface area (Å²) >= 11 is 3.00. The van der Waals surface area contributed by atoms with Crippen molar-refractivity contribution in [1.82, 2.24) is 0 Å². The summed E-state index contributed by atoms with van der Waals surface area (Å²) in [4.78, 5) is 22.7. The Balaban J connectivity index is 2.34. The second-order valence-electron chi connectivity index (χ2n) is 5.16. The van der Waals surface area contributed by atoms with E-state index in [1.165, 1.54) is 11.8 Å². The maximum absolute atomic E-state index is 11.8. The summed E-state index contributed by atoms with van der Waals surface area (Å²) in [6.45, 7) is 7.23. The van der Waals surface area contributed by atoms with E-state index in [1.807, 2.05) is 20.8 Å². The normalized spacial score (nSPS) is 24.7. The van der Waals surface area contributed by atoms with Crippen LogP contribution < -0.4 is 0 Å². The van der Waals surface area contributed by atoms with Crippen LogP contribution in [-0.2, 0) is 14.3 Å². The van der Waals surface area contributed by atoms with Gasteiger partial charge >= 0.3 is 5.97 Å². The molecule has 3 nitrogen and oxygen atoms in total. The van der Waals surface area contributed by atoms with Crippen molar-refractivity contribution in [2.24, 2.45) is 0 Å². The molecule has 0 spiro atoms. The molecule has 1 aliphatic heterocycles. The summed E-state index contributed by atoms with van der Waals surface area (Å²) in [6, 6.07) is 0. The van der Waals surface area contributed by atoms with Crippen molar-refractivity contribution in [3.05, 3.63) is 0 Å². The Morgan fingerprint density at radius 2 is 2.00 bits per heavy atom. The summed E-state index contributed by atoms with van der Waals surface area (Å²) in [5.74, 6) is 0.692. The smallest absolute Gasteiger partial charge is 0.319 e. The molecule has 1 rings (SSSR count). The number of esters is 1. The number of hydrogen-bond acceptors (Lipinski definition) is 5. The van der Waals surface area contributed by atoms with Gasteiger partial charge in [0, 0.05) is 17.9 Å². The van der Waals surface area contributed by atoms with E-state index < -0.39 is 5.60 Å². The topological polar surface area (TPSA) is 43.4 Å². The van der Waals surface area contributed by atoms with E-state index in [4.69, 9.17) is 4.74 Å². The molecule has 0 amide bonds. The van der Waals surface area contributed by atoms with Crippen LogP contribution in [0.4, 0.5) is 0 Å². The first-order valence-corrected chi connectivity index (χ1v) is 7.72. The van der Waals surface area contributed by atoms with Gasteiger partial charge < -0.3 is 4.74 Å². The van der Waals surface area contributed by atoms with Crippen LogP contribution in [0.2, 0.25) is 0 Å². The fraction of sp³-hybridized carbons (Fsp3) is 0.833. The van der Waals surface area contributed by atoms with Crippen molar-refractivity contribution < 1.29 is 14.3 Å². The Hall–Kier alpha value is -0.160. The van der Waals surface area contributed by atoms with Gasteiger partial charge in [0.2, 0.25) is 0 Å². The zero-order chi connectivity index (χ0) is 13.1. The number of carbonyl (C=O) groups excluding carboxylic acids is 2. The third-order valence-electron chi connectivity index (χ3n) is 2.25. The largest absolute Gasteiger partial charge is 0.459 e. The lowest BCUT2D eigenvalue weighted by atomic mass is 10.2. The Kier molecular flexibility index (Phi) is 5.38. The molecule has 0 aromatic heterocycles. The highest BCUT2D eigenvalue weighted by Gasteiger charge is 2.33. The van der Waals surface area contributed by atoms with Gasteiger partial charge in [-0.1, -0.05) is 11.8 Å². The van der Waals surface area contributed by atoms with Gasteiger partial charge in [-0.3, -0.25) is 9.59 Å². The van der Waals surface area contributed by atoms with Crippen LogP contribution in [0.15, 0.2) is 0 Å². The van der Waals surface area contributed by atoms with Gasteiger partial charge in [-0.2, -0.15) is 0 Å². The molecule has 0 radical (unpaired) electrons. The predicted molar refractivity (Wildman–Crippen MR) is 73.4 cm³/mol. The predicted octanol–water partition coefficient (Wildman–Crippen LogP) is 2.87. The first-order chi connectivity index (χ1) is 7.78. The second-order valence-corrected chi connectivity index (χ2v) is 7.86. The molecule has 1 heterocycles. The highest BCUT2D eigenvalue weighted by Crippen LogP contribution is 2.36. The molecule has 0 saturated carbocycles. The average Bonchev–Trinajstić information content (AvgIpc) is 2.60. The second kappa shape index (κ2) is 6.14. The summed E-state index contributed by atoms with van der Waals surface area (Å²) in [5, 5.41) is 0.500. The number of thioether (sulfide) groups is 2. The Labute approximate surface area is 111 Å². The van der Waals surface area contributed by atoms with Crippen LogP contribution in [-0.4, -0.2) is 32.9 Å². The number of carbonyl (C=O) groups is 2. The van der Waals surface area contributed by atoms with E-state index in [1.54, 1.807) is 18.7 Å². The van der Waals surface area contributed by atoms with Gasteiger partial charge in [-0.05, 0) is 33.6 Å². The van der Waals surface area contributed by atoms with Crippen LogP contribution in [0, 0.1) is 0 Å². The van der Waals surface area contributed by atoms with Crippen molar-refractivity contribution in [3.63, 3.8) is 0 Å². The molecule has 0 unspecified atom stereocenters. The average molecular weight is 276 g/mol. The van der Waals surface area contributed by atoms with Crippen LogP contribution in [0.25, 0.3) is 0 Å². The Morgan fingerprint density at radius 1 is 1.35 bits per heavy atom. The minimum absolute atomic E-state index is 0.0493. The van der Waals surface area contributed by atoms with Gasteiger partial charge in [0.1, 0.15) is 10.9 Å². The highest BCUT2D eigenvalue weighted by atomic mass is 32.2. The van der Waals surface area contributed by atoms with E-state index >= 15 is 0 Å². The van der Waals surface area contributed by atoms with Gasteiger partial charge in [-0.25, -0.2) is 0 Å². The standard InChI is InChI=1S/C12H20O3S2/c1-8(13)16-7-9-5-6-10(17-9)11(14)15-12(2,3)4/h9-10H,5-7H2,1-4H3/t9-,10-/m0/s1. The number of rotatable bonds is 3. The minimum Gasteiger partial charge on any atom is -0.459 e. The van der Waals surface area contributed by atoms with Crippen molar-refractivity contribution in [2.75, 3.05) is 5.75 Å². The van der Waals surface area contributed by atoms with Crippen LogP contribution in [0.1, 0.15) is 40.5 Å². The number of hydrogen-bond donors (Lipinski definition) is 0. The van der Waals surface area contributed by atoms with Crippen molar-refractivity contribution >= 4 is 34.6 Å². The molecule has 98 valence electrons. The van der Waals surface area contributed by atoms with Crippen molar-refractivity contribution in [1.29, 1.82) is 0 Å². The molecular formula is C12H20O3S2. The van der Waals surface area contributed by atoms with Gasteiger partial charge in [0.05, 0.1) is 0 Å². The molecule has 1 saturated heterocycles. The molecule has 0 aromatic carbocycles. The lowest BCUT2D eigenvalue weighted by Crippen LogP contribution is -2.29. The Morgan fingerprint density at radius 3 is 2.53 bits per heavy atom. The summed E-state index contributed by atoms with van der Waals surface area (Å²) in [7, 11) is 0. The van der Waals surface area contributed by atoms with E-state index in [9.17, 15) is 9.59 Å². The minimum atomic E-state index is -0.413. The lowest BCUT2D eigenvalue weighted by Gasteiger charge is -2.21. The third kappa shape index (κ3) is 5.82. The first-order valence-electron chi connectivity index (χ1n) is 5.79. The fourth-order valence-electron chi connectivity index (χ4n) is 1.58.